The van der Waals surface area contributed by atoms with Crippen molar-refractivity contribution in [1.29, 1.82) is 0 Å². The lowest BCUT2D eigenvalue weighted by Gasteiger charge is -2.34. The Labute approximate surface area is 233 Å². The molecule has 0 spiro atoms. The van der Waals surface area contributed by atoms with E-state index in [2.05, 4.69) is 5.32 Å². The molecule has 2 fully saturated rings. The van der Waals surface area contributed by atoms with E-state index in [4.69, 9.17) is 14.2 Å². The molecule has 3 aliphatic heterocycles. The highest BCUT2D eigenvalue weighted by atomic mass is 32.2. The van der Waals surface area contributed by atoms with Gasteiger partial charge in [-0.2, -0.15) is 0 Å². The maximum atomic E-state index is 14.0. The number of sulfonamides is 1. The van der Waals surface area contributed by atoms with Crippen LogP contribution in [0.4, 0.5) is 0 Å². The number of hydrogen-bond acceptors (Lipinski definition) is 8. The Balaban J connectivity index is 1.47. The highest BCUT2D eigenvalue weighted by Gasteiger charge is 2.44. The Hall–Kier alpha value is -3.48. The number of methoxy groups -OCH3 is 1. The van der Waals surface area contributed by atoms with Crippen LogP contribution in [0.15, 0.2) is 53.4 Å². The summed E-state index contributed by atoms with van der Waals surface area (Å²) in [5, 5.41) is 2.92. The molecule has 11 nitrogen and oxygen atoms in total. The number of carbonyl (C=O) groups excluding carboxylic acids is 3. The largest absolute Gasteiger partial charge is 0.497 e. The molecule has 5 rings (SSSR count). The van der Waals surface area contributed by atoms with Gasteiger partial charge in [-0.15, -0.1) is 0 Å². The van der Waals surface area contributed by atoms with Crippen molar-refractivity contribution in [2.75, 3.05) is 40.0 Å². The standard InChI is InChI=1S/C28H33N3O8S/c1-37-20-8-4-7-19(15-20)26(27(33)29-16-21-9-5-13-38-21)30(17-22-10-6-14-39-22)25(32)18-31-28(34)23-11-2-3-12-24(23)40(31,35)36/h2-4,7-8,11-12,15,21-22,26H,5-6,9-10,13-14,16-18H2,1H3,(H,29,33)/t21-,22+,26+/m0/s1. The summed E-state index contributed by atoms with van der Waals surface area (Å²) in [6, 6.07) is 11.5. The topological polar surface area (TPSA) is 132 Å². The molecule has 2 aromatic carbocycles. The molecule has 214 valence electrons. The van der Waals surface area contributed by atoms with Gasteiger partial charge in [-0.3, -0.25) is 14.4 Å². The van der Waals surface area contributed by atoms with E-state index >= 15 is 0 Å². The fourth-order valence-electron chi connectivity index (χ4n) is 5.36. The smallest absolute Gasteiger partial charge is 0.269 e. The maximum absolute atomic E-state index is 14.0. The molecule has 0 aliphatic carbocycles. The van der Waals surface area contributed by atoms with Crippen LogP contribution in [-0.4, -0.2) is 87.5 Å². The number of benzene rings is 2. The molecule has 12 heteroatoms. The summed E-state index contributed by atoms with van der Waals surface area (Å²) in [5.41, 5.74) is 0.494. The van der Waals surface area contributed by atoms with Crippen LogP contribution < -0.4 is 10.1 Å². The summed E-state index contributed by atoms with van der Waals surface area (Å²) in [7, 11) is -2.72. The van der Waals surface area contributed by atoms with Crippen molar-refractivity contribution in [3.05, 3.63) is 59.7 Å². The van der Waals surface area contributed by atoms with Gasteiger partial charge in [0.05, 0.1) is 24.9 Å². The van der Waals surface area contributed by atoms with E-state index < -0.39 is 40.3 Å². The molecule has 2 aromatic rings. The van der Waals surface area contributed by atoms with E-state index in [0.29, 0.717) is 35.3 Å². The second-order valence-corrected chi connectivity index (χ2v) is 11.9. The molecule has 3 amide bonds. The van der Waals surface area contributed by atoms with Crippen LogP contribution >= 0.6 is 0 Å². The first-order valence-corrected chi connectivity index (χ1v) is 14.8. The Morgan fingerprint density at radius 1 is 1.07 bits per heavy atom. The third kappa shape index (κ3) is 5.70. The lowest BCUT2D eigenvalue weighted by molar-refractivity contribution is -0.142. The van der Waals surface area contributed by atoms with E-state index in [1.54, 1.807) is 30.3 Å². The van der Waals surface area contributed by atoms with Gasteiger partial charge in [0.1, 0.15) is 23.2 Å². The molecule has 0 radical (unpaired) electrons. The molecule has 40 heavy (non-hydrogen) atoms. The fraction of sp³-hybridized carbons (Fsp3) is 0.464. The summed E-state index contributed by atoms with van der Waals surface area (Å²) < 4.78 is 43.8. The van der Waals surface area contributed by atoms with Gasteiger partial charge in [0, 0.05) is 26.3 Å². The second-order valence-electron chi connectivity index (χ2n) is 10.1. The molecule has 3 atom stereocenters. The first-order chi connectivity index (χ1) is 19.3. The summed E-state index contributed by atoms with van der Waals surface area (Å²) >= 11 is 0. The molecule has 2 saturated heterocycles. The summed E-state index contributed by atoms with van der Waals surface area (Å²) in [6.45, 7) is 0.723. The number of carbonyl (C=O) groups is 3. The Morgan fingerprint density at radius 2 is 1.80 bits per heavy atom. The number of nitrogens with one attached hydrogen (secondary N) is 1. The highest BCUT2D eigenvalue weighted by molar-refractivity contribution is 7.90. The van der Waals surface area contributed by atoms with Gasteiger partial charge in [0.2, 0.25) is 11.8 Å². The molecule has 0 aromatic heterocycles. The third-order valence-corrected chi connectivity index (χ3v) is 9.22. The van der Waals surface area contributed by atoms with E-state index in [0.717, 1.165) is 19.3 Å². The lowest BCUT2D eigenvalue weighted by atomic mass is 10.0. The van der Waals surface area contributed by atoms with Gasteiger partial charge >= 0.3 is 0 Å². The summed E-state index contributed by atoms with van der Waals surface area (Å²) in [5.74, 6) is -1.43. The van der Waals surface area contributed by atoms with Crippen molar-refractivity contribution in [3.63, 3.8) is 0 Å². The minimum absolute atomic E-state index is 0.0135. The van der Waals surface area contributed by atoms with Crippen molar-refractivity contribution in [3.8, 4) is 5.75 Å². The molecule has 0 unspecified atom stereocenters. The summed E-state index contributed by atoms with van der Waals surface area (Å²) in [6.07, 6.45) is 2.74. The molecular formula is C28H33N3O8S. The van der Waals surface area contributed by atoms with Gasteiger partial charge < -0.3 is 24.4 Å². The van der Waals surface area contributed by atoms with Crippen LogP contribution in [0, 0.1) is 0 Å². The summed E-state index contributed by atoms with van der Waals surface area (Å²) in [4.78, 5) is 42.0. The number of nitrogens with zero attached hydrogens (tertiary/aromatic N) is 2. The van der Waals surface area contributed by atoms with Crippen LogP contribution in [0.5, 0.6) is 5.75 Å². The fourth-order valence-corrected chi connectivity index (χ4v) is 6.88. The third-order valence-electron chi connectivity index (χ3n) is 7.43. The van der Waals surface area contributed by atoms with Crippen LogP contribution in [-0.2, 0) is 29.1 Å². The molecule has 0 saturated carbocycles. The van der Waals surface area contributed by atoms with Crippen LogP contribution in [0.2, 0.25) is 0 Å². The van der Waals surface area contributed by atoms with Crippen molar-refractivity contribution < 1.29 is 37.0 Å². The van der Waals surface area contributed by atoms with Gasteiger partial charge in [-0.1, -0.05) is 24.3 Å². The average Bonchev–Trinajstić information content (AvgIpc) is 3.71. The quantitative estimate of drug-likeness (QED) is 0.458. The molecule has 0 bridgehead atoms. The SMILES string of the molecule is COc1cccc([C@H](C(=O)NC[C@@H]2CCCO2)N(C[C@H]2CCCO2)C(=O)CN2C(=O)c3ccccc3S2(=O)=O)c1. The van der Waals surface area contributed by atoms with E-state index in [1.807, 2.05) is 0 Å². The predicted octanol–water partition coefficient (Wildman–Crippen LogP) is 1.88. The normalized spacial score (nSPS) is 22.1. The van der Waals surface area contributed by atoms with Gasteiger partial charge in [0.25, 0.3) is 15.9 Å². The van der Waals surface area contributed by atoms with Crippen LogP contribution in [0.25, 0.3) is 0 Å². The number of ether oxygens (including phenoxy) is 3. The number of amides is 3. The van der Waals surface area contributed by atoms with Crippen molar-refractivity contribution in [1.82, 2.24) is 14.5 Å². The monoisotopic (exact) mass is 571 g/mol. The average molecular weight is 572 g/mol. The number of hydrogen-bond donors (Lipinski definition) is 1. The molecule has 1 N–H and O–H groups in total. The van der Waals surface area contributed by atoms with Crippen molar-refractivity contribution >= 4 is 27.7 Å². The number of rotatable bonds is 10. The Kier molecular flexibility index (Phi) is 8.38. The van der Waals surface area contributed by atoms with Gasteiger partial charge in [0.15, 0.2) is 0 Å². The maximum Gasteiger partial charge on any atom is 0.269 e. The number of fused-ring (bicyclic) bond motifs is 1. The lowest BCUT2D eigenvalue weighted by Crippen LogP contribution is -2.51. The van der Waals surface area contributed by atoms with E-state index in [-0.39, 0.29) is 35.8 Å². The van der Waals surface area contributed by atoms with Gasteiger partial charge in [-0.05, 0) is 55.5 Å². The molecule has 3 aliphatic rings. The molecular weight excluding hydrogens is 538 g/mol. The zero-order chi connectivity index (χ0) is 28.3. The minimum Gasteiger partial charge on any atom is -0.497 e. The predicted molar refractivity (Wildman–Crippen MR) is 143 cm³/mol. The first kappa shape index (κ1) is 28.1. The van der Waals surface area contributed by atoms with E-state index in [1.165, 1.54) is 30.2 Å². The highest BCUT2D eigenvalue weighted by Crippen LogP contribution is 2.32. The Morgan fingerprint density at radius 3 is 2.48 bits per heavy atom. The Bertz CT molecular complexity index is 1370. The second kappa shape index (κ2) is 11.9. The van der Waals surface area contributed by atoms with Gasteiger partial charge in [-0.25, -0.2) is 12.7 Å². The van der Waals surface area contributed by atoms with Crippen molar-refractivity contribution in [2.24, 2.45) is 0 Å². The van der Waals surface area contributed by atoms with Crippen molar-refractivity contribution in [2.45, 2.75) is 48.8 Å². The zero-order valence-corrected chi connectivity index (χ0v) is 23.1. The first-order valence-electron chi connectivity index (χ1n) is 13.4. The molecule has 3 heterocycles. The van der Waals surface area contributed by atoms with E-state index in [9.17, 15) is 22.8 Å². The zero-order valence-electron chi connectivity index (χ0n) is 22.3. The van der Waals surface area contributed by atoms with Crippen LogP contribution in [0.1, 0.15) is 47.6 Å². The van der Waals surface area contributed by atoms with Crippen LogP contribution in [0.3, 0.4) is 0 Å². The minimum atomic E-state index is -4.23.